The smallest absolute Gasteiger partial charge is 0.165 e. The number of nitrogens with zero attached hydrogens (tertiary/aromatic N) is 4. The first-order valence-electron chi connectivity index (χ1n) is 11.5. The first kappa shape index (κ1) is 27.8. The van der Waals surface area contributed by atoms with Gasteiger partial charge in [0.15, 0.2) is 11.6 Å². The number of anilines is 1. The Morgan fingerprint density at radius 3 is 2.72 bits per heavy atom. The first-order chi connectivity index (χ1) is 17.1. The van der Waals surface area contributed by atoms with Gasteiger partial charge in [-0.15, -0.1) is 0 Å². The Morgan fingerprint density at radius 2 is 2.08 bits per heavy atom. The van der Waals surface area contributed by atoms with Crippen LogP contribution in [0.1, 0.15) is 38.0 Å². The lowest BCUT2D eigenvalue weighted by Crippen LogP contribution is -2.50. The Kier molecular flexibility index (Phi) is 9.22. The highest BCUT2D eigenvalue weighted by molar-refractivity contribution is 6.36. The molecule has 3 rings (SSSR count). The topological polar surface area (TPSA) is 76.2 Å². The molecule has 0 saturated carbocycles. The van der Waals surface area contributed by atoms with Crippen LogP contribution >= 0.6 is 23.2 Å². The number of aliphatic imine (C=N–C) groups is 1. The molecule has 1 fully saturated rings. The van der Waals surface area contributed by atoms with Gasteiger partial charge in [-0.3, -0.25) is 0 Å². The Hall–Kier alpha value is -2.81. The van der Waals surface area contributed by atoms with Crippen LogP contribution in [0, 0.1) is 5.82 Å². The minimum Gasteiger partial charge on any atom is -0.496 e. The maximum atomic E-state index is 14.1. The van der Waals surface area contributed by atoms with Crippen LogP contribution in [0.2, 0.25) is 10.0 Å². The number of pyridine rings is 1. The van der Waals surface area contributed by atoms with Gasteiger partial charge in [-0.1, -0.05) is 23.2 Å². The Balaban J connectivity index is 1.93. The summed E-state index contributed by atoms with van der Waals surface area (Å²) in [5.74, 6) is 1.20. The number of benzene rings is 1. The second kappa shape index (κ2) is 12.0. The number of piperazine rings is 1. The van der Waals surface area contributed by atoms with E-state index in [1.54, 1.807) is 26.3 Å². The van der Waals surface area contributed by atoms with Gasteiger partial charge in [0.2, 0.25) is 0 Å². The van der Waals surface area contributed by atoms with Crippen LogP contribution in [0.15, 0.2) is 47.0 Å². The number of allylic oxidation sites excluding steroid dienone is 2. The molecule has 0 radical (unpaired) electrons. The lowest BCUT2D eigenvalue weighted by molar-refractivity contribution is 0.140. The molecule has 1 unspecified atom stereocenters. The van der Waals surface area contributed by atoms with Crippen molar-refractivity contribution in [3.05, 3.63) is 69.0 Å². The molecule has 2 heterocycles. The van der Waals surface area contributed by atoms with Crippen molar-refractivity contribution in [2.45, 2.75) is 32.9 Å². The predicted molar refractivity (Wildman–Crippen MR) is 145 cm³/mol. The van der Waals surface area contributed by atoms with Gasteiger partial charge in [-0.05, 0) is 58.3 Å². The van der Waals surface area contributed by atoms with E-state index >= 15 is 0 Å². The van der Waals surface area contributed by atoms with Gasteiger partial charge in [0, 0.05) is 54.1 Å². The summed E-state index contributed by atoms with van der Waals surface area (Å²) in [7, 11) is 3.74. The van der Waals surface area contributed by atoms with Crippen molar-refractivity contribution in [3.8, 4) is 5.75 Å². The second-order valence-corrected chi connectivity index (χ2v) is 9.58. The predicted octanol–water partition coefficient (Wildman–Crippen LogP) is 5.69. The number of hydrogen-bond donors (Lipinski definition) is 1. The highest BCUT2D eigenvalue weighted by Gasteiger charge is 2.24. The molecule has 2 N–H and O–H groups in total. The standard InChI is InChI=1S/C26H32Cl2FN5O2/c1-15(18-13-32-23(12-21(18)35-6)34-10-9-33(5)14-16(34)2)11-22(26(30)31-4)36-17(3)24-19(27)7-8-20(29)25(24)28/h7-8,11-13,16-17H,4,9-10,14,30H2,1-3,5-6H3/b15-11+,26-22+/t16-,17?/m1/s1. The average Bonchev–Trinajstić information content (AvgIpc) is 2.85. The molecule has 2 atom stereocenters. The molecule has 1 saturated heterocycles. The minimum absolute atomic E-state index is 0.0552. The summed E-state index contributed by atoms with van der Waals surface area (Å²) in [6.07, 6.45) is 2.75. The number of nitrogens with two attached hydrogens (primary N) is 1. The van der Waals surface area contributed by atoms with Crippen molar-refractivity contribution in [1.29, 1.82) is 0 Å². The summed E-state index contributed by atoms with van der Waals surface area (Å²) in [5, 5.41) is 0.165. The summed E-state index contributed by atoms with van der Waals surface area (Å²) < 4.78 is 25.8. The molecule has 36 heavy (non-hydrogen) atoms. The number of aromatic nitrogens is 1. The molecule has 0 aliphatic carbocycles. The zero-order valence-electron chi connectivity index (χ0n) is 21.2. The fourth-order valence-electron chi connectivity index (χ4n) is 4.21. The third-order valence-electron chi connectivity index (χ3n) is 6.18. The summed E-state index contributed by atoms with van der Waals surface area (Å²) in [6, 6.07) is 4.89. The van der Waals surface area contributed by atoms with Gasteiger partial charge in [0.05, 0.1) is 12.1 Å². The third-order valence-corrected chi connectivity index (χ3v) is 6.90. The number of methoxy groups -OCH3 is 1. The van der Waals surface area contributed by atoms with E-state index in [0.717, 1.165) is 36.6 Å². The van der Waals surface area contributed by atoms with Crippen LogP contribution in [0.5, 0.6) is 5.75 Å². The van der Waals surface area contributed by atoms with Crippen molar-refractivity contribution in [2.24, 2.45) is 10.7 Å². The molecule has 1 aliphatic heterocycles. The van der Waals surface area contributed by atoms with Crippen LogP contribution in [0.25, 0.3) is 5.57 Å². The van der Waals surface area contributed by atoms with E-state index in [0.29, 0.717) is 17.4 Å². The van der Waals surface area contributed by atoms with Gasteiger partial charge in [-0.25, -0.2) is 14.4 Å². The lowest BCUT2D eigenvalue weighted by atomic mass is 10.1. The molecule has 0 amide bonds. The maximum absolute atomic E-state index is 14.1. The van der Waals surface area contributed by atoms with Crippen LogP contribution in [-0.2, 0) is 4.74 Å². The number of hydrogen-bond acceptors (Lipinski definition) is 7. The summed E-state index contributed by atoms with van der Waals surface area (Å²) in [5.41, 5.74) is 7.91. The largest absolute Gasteiger partial charge is 0.496 e. The Morgan fingerprint density at radius 1 is 1.36 bits per heavy atom. The normalized spacial score (nSPS) is 18.5. The zero-order chi connectivity index (χ0) is 26.6. The Bertz CT molecular complexity index is 1190. The van der Waals surface area contributed by atoms with Gasteiger partial charge < -0.3 is 25.0 Å². The van der Waals surface area contributed by atoms with Crippen molar-refractivity contribution in [3.63, 3.8) is 0 Å². The molecule has 0 bridgehead atoms. The maximum Gasteiger partial charge on any atom is 0.165 e. The molecular formula is C26H32Cl2FN5O2. The summed E-state index contributed by atoms with van der Waals surface area (Å²) >= 11 is 12.4. The van der Waals surface area contributed by atoms with Gasteiger partial charge >= 0.3 is 0 Å². The average molecular weight is 536 g/mol. The van der Waals surface area contributed by atoms with E-state index in [1.165, 1.54) is 12.1 Å². The van der Waals surface area contributed by atoms with Gasteiger partial charge in [0.25, 0.3) is 0 Å². The molecular weight excluding hydrogens is 504 g/mol. The lowest BCUT2D eigenvalue weighted by Gasteiger charge is -2.39. The number of rotatable bonds is 8. The van der Waals surface area contributed by atoms with Gasteiger partial charge in [-0.2, -0.15) is 0 Å². The molecule has 1 aromatic carbocycles. The SMILES string of the molecule is C=N/C(N)=C(\C=C(/C)c1cnc(N2CCN(C)C[C@H]2C)cc1OC)OC(C)c1c(Cl)ccc(F)c1Cl. The fraction of sp³-hybridized carbons (Fsp3) is 0.385. The molecule has 10 heteroatoms. The molecule has 2 aromatic rings. The van der Waals surface area contributed by atoms with E-state index in [1.807, 2.05) is 13.0 Å². The molecule has 194 valence electrons. The van der Waals surface area contributed by atoms with Gasteiger partial charge in [0.1, 0.15) is 23.5 Å². The van der Waals surface area contributed by atoms with E-state index in [4.69, 9.17) is 43.4 Å². The monoisotopic (exact) mass is 535 g/mol. The van der Waals surface area contributed by atoms with Crippen LogP contribution in [0.3, 0.4) is 0 Å². The third kappa shape index (κ3) is 6.11. The number of halogens is 3. The van der Waals surface area contributed by atoms with Crippen LogP contribution in [-0.4, -0.2) is 56.4 Å². The first-order valence-corrected chi connectivity index (χ1v) is 12.3. The number of ether oxygens (including phenoxy) is 2. The van der Waals surface area contributed by atoms with Crippen LogP contribution in [0.4, 0.5) is 10.2 Å². The van der Waals surface area contributed by atoms with E-state index in [2.05, 4.69) is 35.5 Å². The van der Waals surface area contributed by atoms with E-state index in [-0.39, 0.29) is 21.6 Å². The second-order valence-electron chi connectivity index (χ2n) is 8.80. The van der Waals surface area contributed by atoms with Crippen molar-refractivity contribution in [1.82, 2.24) is 9.88 Å². The molecule has 7 nitrogen and oxygen atoms in total. The zero-order valence-corrected chi connectivity index (χ0v) is 22.7. The summed E-state index contributed by atoms with van der Waals surface area (Å²) in [4.78, 5) is 13.1. The van der Waals surface area contributed by atoms with E-state index < -0.39 is 11.9 Å². The van der Waals surface area contributed by atoms with Crippen molar-refractivity contribution >= 4 is 41.3 Å². The van der Waals surface area contributed by atoms with Crippen molar-refractivity contribution < 1.29 is 13.9 Å². The highest BCUT2D eigenvalue weighted by atomic mass is 35.5. The summed E-state index contributed by atoms with van der Waals surface area (Å²) in [6.45, 7) is 12.1. The highest BCUT2D eigenvalue weighted by Crippen LogP contribution is 2.36. The number of likely N-dealkylation sites (N-methyl/N-ethyl adjacent to an activating group) is 1. The molecule has 1 aromatic heterocycles. The fourth-order valence-corrected chi connectivity index (χ4v) is 4.89. The van der Waals surface area contributed by atoms with Crippen molar-refractivity contribution in [2.75, 3.05) is 38.7 Å². The quantitative estimate of drug-likeness (QED) is 0.202. The molecule has 1 aliphatic rings. The van der Waals surface area contributed by atoms with Crippen LogP contribution < -0.4 is 15.4 Å². The Labute approximate surface area is 222 Å². The van der Waals surface area contributed by atoms with E-state index in [9.17, 15) is 4.39 Å². The minimum atomic E-state index is -0.721. The molecule has 0 spiro atoms.